The highest BCUT2D eigenvalue weighted by molar-refractivity contribution is 7.95. The minimum absolute atomic E-state index is 0.104. The van der Waals surface area contributed by atoms with Crippen LogP contribution in [0.25, 0.3) is 0 Å². The van der Waals surface area contributed by atoms with Gasteiger partial charge < -0.3 is 4.57 Å². The van der Waals surface area contributed by atoms with Crippen LogP contribution in [0.1, 0.15) is 57.2 Å². The molecule has 6 rings (SSSR count). The highest BCUT2D eigenvalue weighted by Crippen LogP contribution is 2.56. The van der Waals surface area contributed by atoms with Gasteiger partial charge in [0.25, 0.3) is 0 Å². The lowest BCUT2D eigenvalue weighted by Gasteiger charge is -2.27. The van der Waals surface area contributed by atoms with Crippen molar-refractivity contribution in [2.45, 2.75) is 32.7 Å². The van der Waals surface area contributed by atoms with Crippen LogP contribution in [-0.4, -0.2) is 27.3 Å². The fourth-order valence-electron chi connectivity index (χ4n) is 6.04. The molecule has 0 fully saturated rings. The molecule has 5 aromatic rings. The Morgan fingerprint density at radius 2 is 1.07 bits per heavy atom. The summed E-state index contributed by atoms with van der Waals surface area (Å²) in [5, 5.41) is 4.19. The molecule has 5 heteroatoms. The lowest BCUT2D eigenvalue weighted by Crippen LogP contribution is -2.33. The number of hydrogen-bond acceptors (Lipinski definition) is 3. The third-order valence-electron chi connectivity index (χ3n) is 7.97. The van der Waals surface area contributed by atoms with Crippen molar-refractivity contribution >= 4 is 34.7 Å². The first-order chi connectivity index (χ1) is 19.6. The smallest absolute Gasteiger partial charge is 0.214 e. The molecule has 0 spiro atoms. The summed E-state index contributed by atoms with van der Waals surface area (Å²) in [4.78, 5) is 31.0. The quantitative estimate of drug-likeness (QED) is 0.163. The predicted molar refractivity (Wildman–Crippen MR) is 164 cm³/mol. The lowest BCUT2D eigenvalue weighted by atomic mass is 9.90. The topological polar surface area (TPSA) is 52.0 Å². The van der Waals surface area contributed by atoms with Crippen LogP contribution in [0.5, 0.6) is 0 Å². The van der Waals surface area contributed by atoms with Crippen LogP contribution in [0, 0.1) is 6.92 Å². The zero-order valence-corrected chi connectivity index (χ0v) is 23.6. The molecule has 198 valence electrons. The number of imidazole rings is 1. The molecule has 1 aliphatic rings. The standard InChI is InChI=1S/C35H32N2O2P/c1-26-36-32-33(35(39)31-23-13-12-22-30(31)34(32)38)37(26)24-14-5-15-25-40(27-16-6-2-7-17-27,28-18-8-3-9-19-28)29-20-10-4-11-21-29/h2-4,6-13,16-23H,5,14-15,24-25H2,1H3/q+1. The van der Waals surface area contributed by atoms with E-state index in [2.05, 4.69) is 96.0 Å². The molecular formula is C35H32N2O2P+. The predicted octanol–water partition coefficient (Wildman–Crippen LogP) is 6.13. The van der Waals surface area contributed by atoms with E-state index >= 15 is 0 Å². The zero-order chi connectivity index (χ0) is 27.5. The van der Waals surface area contributed by atoms with E-state index in [-0.39, 0.29) is 11.6 Å². The summed E-state index contributed by atoms with van der Waals surface area (Å²) < 4.78 is 1.96. The molecule has 0 unspecified atom stereocenters. The number of nitrogens with zero attached hydrogens (tertiary/aromatic N) is 2. The van der Waals surface area contributed by atoms with Gasteiger partial charge in [-0.25, -0.2) is 4.98 Å². The Morgan fingerprint density at radius 1 is 0.600 bits per heavy atom. The van der Waals surface area contributed by atoms with Crippen LogP contribution in [0.3, 0.4) is 0 Å². The lowest BCUT2D eigenvalue weighted by molar-refractivity contribution is 0.0970. The summed E-state index contributed by atoms with van der Waals surface area (Å²) in [5.41, 5.74) is 1.67. The van der Waals surface area contributed by atoms with E-state index in [4.69, 9.17) is 0 Å². The van der Waals surface area contributed by atoms with E-state index in [1.165, 1.54) is 15.9 Å². The maximum Gasteiger partial charge on any atom is 0.214 e. The summed E-state index contributed by atoms with van der Waals surface area (Å²) in [6.45, 7) is 2.56. The first-order valence-electron chi connectivity index (χ1n) is 13.9. The van der Waals surface area contributed by atoms with Crippen LogP contribution < -0.4 is 15.9 Å². The Hall–Kier alpha value is -4.14. The minimum atomic E-state index is -1.85. The second-order valence-electron chi connectivity index (χ2n) is 10.3. The number of carbonyl (C=O) groups excluding carboxylic acids is 2. The van der Waals surface area contributed by atoms with Crippen LogP contribution in [0.15, 0.2) is 115 Å². The van der Waals surface area contributed by atoms with Gasteiger partial charge in [-0.05, 0) is 62.6 Å². The average molecular weight is 544 g/mol. The summed E-state index contributed by atoms with van der Waals surface area (Å²) >= 11 is 0. The molecule has 0 saturated heterocycles. The number of rotatable bonds is 9. The highest BCUT2D eigenvalue weighted by atomic mass is 31.2. The number of carbonyl (C=O) groups is 2. The maximum absolute atomic E-state index is 13.4. The van der Waals surface area contributed by atoms with E-state index in [1.54, 1.807) is 18.2 Å². The number of ketones is 2. The van der Waals surface area contributed by atoms with Crippen molar-refractivity contribution in [3.63, 3.8) is 0 Å². The molecule has 4 nitrogen and oxygen atoms in total. The third-order valence-corrected chi connectivity index (χ3v) is 12.5. The van der Waals surface area contributed by atoms with Crippen LogP contribution in [0.4, 0.5) is 0 Å². The maximum atomic E-state index is 13.4. The van der Waals surface area contributed by atoms with Gasteiger partial charge in [-0.2, -0.15) is 0 Å². The van der Waals surface area contributed by atoms with E-state index in [1.807, 2.05) is 17.6 Å². The fraction of sp³-hybridized carbons (Fsp3) is 0.171. The summed E-state index contributed by atoms with van der Waals surface area (Å²) in [5.74, 6) is 0.461. The number of aryl methyl sites for hydroxylation is 1. The van der Waals surface area contributed by atoms with Crippen molar-refractivity contribution in [1.82, 2.24) is 9.55 Å². The molecule has 0 N–H and O–H groups in total. The largest absolute Gasteiger partial charge is 0.325 e. The summed E-state index contributed by atoms with van der Waals surface area (Å²) in [6.07, 6.45) is 4.04. The molecular weight excluding hydrogens is 511 g/mol. The van der Waals surface area contributed by atoms with Gasteiger partial charge in [0.2, 0.25) is 11.6 Å². The van der Waals surface area contributed by atoms with Crippen LogP contribution >= 0.6 is 7.26 Å². The number of benzene rings is 4. The van der Waals surface area contributed by atoms with E-state index in [0.717, 1.165) is 31.2 Å². The Labute approximate surface area is 236 Å². The Kier molecular flexibility index (Phi) is 7.28. The number of aromatic nitrogens is 2. The van der Waals surface area contributed by atoms with E-state index < -0.39 is 7.26 Å². The van der Waals surface area contributed by atoms with Gasteiger partial charge in [-0.3, -0.25) is 9.59 Å². The van der Waals surface area contributed by atoms with Crippen LogP contribution in [0.2, 0.25) is 0 Å². The van der Waals surface area contributed by atoms with Gasteiger partial charge in [0, 0.05) is 17.7 Å². The molecule has 0 atom stereocenters. The molecule has 4 aromatic carbocycles. The van der Waals surface area contributed by atoms with Crippen molar-refractivity contribution in [1.29, 1.82) is 0 Å². The molecule has 0 aliphatic heterocycles. The second-order valence-corrected chi connectivity index (χ2v) is 13.9. The molecule has 0 amide bonds. The van der Waals surface area contributed by atoms with Crippen LogP contribution in [-0.2, 0) is 6.54 Å². The molecule has 40 heavy (non-hydrogen) atoms. The van der Waals surface area contributed by atoms with Crippen molar-refractivity contribution < 1.29 is 9.59 Å². The summed E-state index contributed by atoms with van der Waals surface area (Å²) in [6, 6.07) is 40.0. The Morgan fingerprint density at radius 3 is 1.60 bits per heavy atom. The molecule has 1 heterocycles. The first kappa shape index (κ1) is 26.1. The van der Waals surface area contributed by atoms with Crippen molar-refractivity contribution in [2.75, 3.05) is 6.16 Å². The van der Waals surface area contributed by atoms with Crippen molar-refractivity contribution in [3.05, 3.63) is 144 Å². The number of hydrogen-bond donors (Lipinski definition) is 0. The third kappa shape index (κ3) is 4.53. The van der Waals surface area contributed by atoms with Crippen molar-refractivity contribution in [2.24, 2.45) is 0 Å². The number of unbranched alkanes of at least 4 members (excludes halogenated alkanes) is 2. The Balaban J connectivity index is 1.24. The van der Waals surface area contributed by atoms with E-state index in [9.17, 15) is 9.59 Å². The minimum Gasteiger partial charge on any atom is -0.325 e. The van der Waals surface area contributed by atoms with Gasteiger partial charge in [0.15, 0.2) is 0 Å². The van der Waals surface area contributed by atoms with Gasteiger partial charge in [-0.15, -0.1) is 0 Å². The SMILES string of the molecule is Cc1nc2c(n1CCCCC[P+](c1ccccc1)(c1ccccc1)c1ccccc1)C(=O)c1ccccc1C2=O. The van der Waals surface area contributed by atoms with Gasteiger partial charge >= 0.3 is 0 Å². The fourth-order valence-corrected chi connectivity index (χ4v) is 10.4. The van der Waals surface area contributed by atoms with Gasteiger partial charge in [0.05, 0.1) is 6.16 Å². The molecule has 0 saturated carbocycles. The van der Waals surface area contributed by atoms with Crippen molar-refractivity contribution in [3.8, 4) is 0 Å². The first-order valence-corrected chi connectivity index (χ1v) is 15.9. The van der Waals surface area contributed by atoms with Gasteiger partial charge in [0.1, 0.15) is 40.4 Å². The Bertz CT molecular complexity index is 1560. The monoisotopic (exact) mass is 543 g/mol. The zero-order valence-electron chi connectivity index (χ0n) is 22.7. The molecule has 1 aromatic heterocycles. The van der Waals surface area contributed by atoms with Gasteiger partial charge in [-0.1, -0.05) is 78.9 Å². The molecule has 0 bridgehead atoms. The number of fused-ring (bicyclic) bond motifs is 2. The average Bonchev–Trinajstić information content (AvgIpc) is 3.35. The molecule has 1 aliphatic carbocycles. The summed E-state index contributed by atoms with van der Waals surface area (Å²) in [7, 11) is -1.85. The second kappa shape index (κ2) is 11.2. The van der Waals surface area contributed by atoms with E-state index in [0.29, 0.717) is 29.1 Å². The normalized spacial score (nSPS) is 12.7. The highest BCUT2D eigenvalue weighted by Gasteiger charge is 2.44. The molecule has 0 radical (unpaired) electrons.